The summed E-state index contributed by atoms with van der Waals surface area (Å²) in [5, 5.41) is 3.54. The van der Waals surface area contributed by atoms with Gasteiger partial charge in [0.05, 0.1) is 0 Å². The molecule has 15 heavy (non-hydrogen) atoms. The van der Waals surface area contributed by atoms with Crippen molar-refractivity contribution in [1.29, 1.82) is 0 Å². The van der Waals surface area contributed by atoms with Gasteiger partial charge in [-0.3, -0.25) is 0 Å². The Balaban J connectivity index is 2.67. The zero-order valence-corrected chi connectivity index (χ0v) is 11.3. The molecule has 1 nitrogen and oxygen atoms in total. The summed E-state index contributed by atoms with van der Waals surface area (Å²) in [5.74, 6) is 0.534. The first-order valence-electron chi connectivity index (χ1n) is 5.64. The smallest absolute Gasteiger partial charge is 0.0210 e. The van der Waals surface area contributed by atoms with E-state index in [0.29, 0.717) is 12.0 Å². The van der Waals surface area contributed by atoms with Gasteiger partial charge in [-0.05, 0) is 37.4 Å². The standard InChI is InChI=1S/C13H20BrN/c1-4-9-15-11(3)10(2)12-7-5-6-8-13(12)14/h5-8,10-11,15H,4,9H2,1-3H3. The molecule has 0 amide bonds. The second-order valence-corrected chi connectivity index (χ2v) is 4.91. The first kappa shape index (κ1) is 12.7. The molecule has 0 fully saturated rings. The second kappa shape index (κ2) is 6.29. The van der Waals surface area contributed by atoms with Crippen LogP contribution in [0.4, 0.5) is 0 Å². The normalized spacial score (nSPS) is 14.9. The molecule has 0 bridgehead atoms. The average Bonchev–Trinajstić information content (AvgIpc) is 2.25. The summed E-state index contributed by atoms with van der Waals surface area (Å²) in [6.07, 6.45) is 1.19. The summed E-state index contributed by atoms with van der Waals surface area (Å²) >= 11 is 3.61. The fourth-order valence-corrected chi connectivity index (χ4v) is 2.31. The van der Waals surface area contributed by atoms with E-state index in [0.717, 1.165) is 6.54 Å². The Bertz CT molecular complexity index is 298. The molecule has 0 aliphatic rings. The van der Waals surface area contributed by atoms with Gasteiger partial charge in [0, 0.05) is 10.5 Å². The van der Waals surface area contributed by atoms with E-state index in [4.69, 9.17) is 0 Å². The fourth-order valence-electron chi connectivity index (χ4n) is 1.66. The van der Waals surface area contributed by atoms with Crippen molar-refractivity contribution >= 4 is 15.9 Å². The van der Waals surface area contributed by atoms with Crippen LogP contribution in [-0.2, 0) is 0 Å². The number of halogens is 1. The van der Waals surface area contributed by atoms with E-state index in [1.807, 2.05) is 0 Å². The molecule has 0 radical (unpaired) electrons. The third-order valence-electron chi connectivity index (χ3n) is 2.86. The van der Waals surface area contributed by atoms with Crippen LogP contribution in [0.3, 0.4) is 0 Å². The van der Waals surface area contributed by atoms with Gasteiger partial charge in [-0.15, -0.1) is 0 Å². The minimum absolute atomic E-state index is 0.517. The second-order valence-electron chi connectivity index (χ2n) is 4.05. The highest BCUT2D eigenvalue weighted by Crippen LogP contribution is 2.26. The van der Waals surface area contributed by atoms with Crippen LogP contribution in [0.5, 0.6) is 0 Å². The van der Waals surface area contributed by atoms with Crippen LogP contribution >= 0.6 is 15.9 Å². The molecule has 2 unspecified atom stereocenters. The summed E-state index contributed by atoms with van der Waals surface area (Å²) in [7, 11) is 0. The van der Waals surface area contributed by atoms with Gasteiger partial charge >= 0.3 is 0 Å². The number of nitrogens with one attached hydrogen (secondary N) is 1. The van der Waals surface area contributed by atoms with Crippen LogP contribution < -0.4 is 5.32 Å². The Labute approximate surface area is 101 Å². The molecule has 1 N–H and O–H groups in total. The van der Waals surface area contributed by atoms with Crippen LogP contribution in [0.2, 0.25) is 0 Å². The Morgan fingerprint density at radius 1 is 1.27 bits per heavy atom. The van der Waals surface area contributed by atoms with E-state index >= 15 is 0 Å². The Morgan fingerprint density at radius 2 is 1.93 bits per heavy atom. The monoisotopic (exact) mass is 269 g/mol. The predicted octanol–water partition coefficient (Wildman–Crippen LogP) is 3.94. The van der Waals surface area contributed by atoms with E-state index < -0.39 is 0 Å². The molecule has 1 rings (SSSR count). The van der Waals surface area contributed by atoms with Gasteiger partial charge in [0.1, 0.15) is 0 Å². The molecule has 84 valence electrons. The van der Waals surface area contributed by atoms with Gasteiger partial charge in [0.2, 0.25) is 0 Å². The number of hydrogen-bond donors (Lipinski definition) is 1. The molecule has 0 saturated heterocycles. The van der Waals surface area contributed by atoms with Crippen LogP contribution in [0, 0.1) is 0 Å². The van der Waals surface area contributed by atoms with Gasteiger partial charge in [-0.2, -0.15) is 0 Å². The van der Waals surface area contributed by atoms with Gasteiger partial charge < -0.3 is 5.32 Å². The Kier molecular flexibility index (Phi) is 5.34. The van der Waals surface area contributed by atoms with Crippen LogP contribution in [0.1, 0.15) is 38.7 Å². The summed E-state index contributed by atoms with van der Waals surface area (Å²) in [4.78, 5) is 0. The lowest BCUT2D eigenvalue weighted by Gasteiger charge is -2.22. The van der Waals surface area contributed by atoms with Gasteiger partial charge in [-0.1, -0.05) is 48.0 Å². The number of rotatable bonds is 5. The third-order valence-corrected chi connectivity index (χ3v) is 3.58. The highest BCUT2D eigenvalue weighted by atomic mass is 79.9. The largest absolute Gasteiger partial charge is 0.314 e. The molecular formula is C13H20BrN. The molecule has 0 aromatic heterocycles. The maximum absolute atomic E-state index is 3.61. The zero-order valence-electron chi connectivity index (χ0n) is 9.76. The molecule has 2 atom stereocenters. The lowest BCUT2D eigenvalue weighted by molar-refractivity contribution is 0.480. The van der Waals surface area contributed by atoms with Gasteiger partial charge in [0.25, 0.3) is 0 Å². The fraction of sp³-hybridized carbons (Fsp3) is 0.538. The highest BCUT2D eigenvalue weighted by Gasteiger charge is 2.15. The lowest BCUT2D eigenvalue weighted by Crippen LogP contribution is -2.31. The molecule has 1 aromatic carbocycles. The summed E-state index contributed by atoms with van der Waals surface area (Å²) in [6.45, 7) is 7.81. The Morgan fingerprint density at radius 3 is 2.53 bits per heavy atom. The average molecular weight is 270 g/mol. The first-order chi connectivity index (χ1) is 7.16. The van der Waals surface area contributed by atoms with Crippen molar-refractivity contribution in [2.75, 3.05) is 6.54 Å². The lowest BCUT2D eigenvalue weighted by atomic mass is 9.94. The van der Waals surface area contributed by atoms with Crippen LogP contribution in [0.15, 0.2) is 28.7 Å². The quantitative estimate of drug-likeness (QED) is 0.854. The highest BCUT2D eigenvalue weighted by molar-refractivity contribution is 9.10. The molecular weight excluding hydrogens is 250 g/mol. The van der Waals surface area contributed by atoms with Crippen LogP contribution in [-0.4, -0.2) is 12.6 Å². The van der Waals surface area contributed by atoms with Crippen molar-refractivity contribution in [2.45, 2.75) is 39.2 Å². The predicted molar refractivity (Wildman–Crippen MR) is 70.3 cm³/mol. The molecule has 0 aliphatic carbocycles. The van der Waals surface area contributed by atoms with E-state index in [2.05, 4.69) is 66.3 Å². The first-order valence-corrected chi connectivity index (χ1v) is 6.44. The van der Waals surface area contributed by atoms with Crippen molar-refractivity contribution in [3.8, 4) is 0 Å². The van der Waals surface area contributed by atoms with E-state index in [9.17, 15) is 0 Å². The summed E-state index contributed by atoms with van der Waals surface area (Å²) in [5.41, 5.74) is 1.38. The topological polar surface area (TPSA) is 12.0 Å². The summed E-state index contributed by atoms with van der Waals surface area (Å²) < 4.78 is 1.21. The Hall–Kier alpha value is -0.340. The van der Waals surface area contributed by atoms with Crippen molar-refractivity contribution in [3.63, 3.8) is 0 Å². The maximum atomic E-state index is 3.61. The van der Waals surface area contributed by atoms with Crippen molar-refractivity contribution in [2.24, 2.45) is 0 Å². The maximum Gasteiger partial charge on any atom is 0.0210 e. The van der Waals surface area contributed by atoms with Crippen LogP contribution in [0.25, 0.3) is 0 Å². The zero-order chi connectivity index (χ0) is 11.3. The van der Waals surface area contributed by atoms with Crippen molar-refractivity contribution in [3.05, 3.63) is 34.3 Å². The SMILES string of the molecule is CCCNC(C)C(C)c1ccccc1Br. The minimum atomic E-state index is 0.517. The molecule has 0 spiro atoms. The van der Waals surface area contributed by atoms with E-state index in [-0.39, 0.29) is 0 Å². The number of benzene rings is 1. The van der Waals surface area contributed by atoms with Gasteiger partial charge in [0.15, 0.2) is 0 Å². The minimum Gasteiger partial charge on any atom is -0.314 e. The van der Waals surface area contributed by atoms with Crippen molar-refractivity contribution < 1.29 is 0 Å². The van der Waals surface area contributed by atoms with E-state index in [1.54, 1.807) is 0 Å². The molecule has 0 aliphatic heterocycles. The molecule has 1 aromatic rings. The summed E-state index contributed by atoms with van der Waals surface area (Å²) in [6, 6.07) is 8.98. The van der Waals surface area contributed by atoms with Crippen molar-refractivity contribution in [1.82, 2.24) is 5.32 Å². The third kappa shape index (κ3) is 3.62. The van der Waals surface area contributed by atoms with Gasteiger partial charge in [-0.25, -0.2) is 0 Å². The van der Waals surface area contributed by atoms with E-state index in [1.165, 1.54) is 16.5 Å². The molecule has 2 heteroatoms. The number of hydrogen-bond acceptors (Lipinski definition) is 1. The molecule has 0 saturated carbocycles. The molecule has 0 heterocycles.